The van der Waals surface area contributed by atoms with Gasteiger partial charge in [0, 0.05) is 11.5 Å². The molecule has 1 heterocycles. The number of nitrogens with zero attached hydrogens (tertiary/aromatic N) is 1. The topological polar surface area (TPSA) is 97.4 Å². The Morgan fingerprint density at radius 3 is 2.61 bits per heavy atom. The molecular formula is C16H9NO5S. The van der Waals surface area contributed by atoms with Gasteiger partial charge < -0.3 is 8.60 Å². The zero-order valence-corrected chi connectivity index (χ0v) is 12.4. The second-order valence-electron chi connectivity index (χ2n) is 4.60. The second-order valence-corrected chi connectivity index (χ2v) is 6.15. The van der Waals surface area contributed by atoms with Gasteiger partial charge in [-0.15, -0.1) is 0 Å². The van der Waals surface area contributed by atoms with Crippen molar-refractivity contribution in [2.45, 2.75) is 4.90 Å². The summed E-state index contributed by atoms with van der Waals surface area (Å²) in [4.78, 5) is 11.0. The molecule has 0 amide bonds. The lowest BCUT2D eigenvalue weighted by Gasteiger charge is -2.08. The molecule has 2 aromatic carbocycles. The predicted octanol–water partition coefficient (Wildman–Crippen LogP) is 2.43. The zero-order chi connectivity index (χ0) is 16.4. The van der Waals surface area contributed by atoms with Gasteiger partial charge in [-0.1, -0.05) is 12.1 Å². The normalized spacial score (nSPS) is 11.1. The molecular weight excluding hydrogens is 318 g/mol. The van der Waals surface area contributed by atoms with Gasteiger partial charge >= 0.3 is 15.7 Å². The van der Waals surface area contributed by atoms with E-state index < -0.39 is 15.7 Å². The first-order valence-corrected chi connectivity index (χ1v) is 7.88. The Bertz CT molecular complexity index is 1090. The van der Waals surface area contributed by atoms with E-state index in [9.17, 15) is 13.2 Å². The van der Waals surface area contributed by atoms with Crippen LogP contribution in [0.5, 0.6) is 5.75 Å². The first-order chi connectivity index (χ1) is 11.0. The molecule has 0 aliphatic carbocycles. The molecule has 0 saturated heterocycles. The van der Waals surface area contributed by atoms with E-state index in [-0.39, 0.29) is 21.8 Å². The summed E-state index contributed by atoms with van der Waals surface area (Å²) in [6.07, 6.45) is 0. The van der Waals surface area contributed by atoms with Gasteiger partial charge in [0.2, 0.25) is 0 Å². The summed E-state index contributed by atoms with van der Waals surface area (Å²) in [6.45, 7) is 0. The third-order valence-electron chi connectivity index (χ3n) is 3.09. The second kappa shape index (κ2) is 5.59. The van der Waals surface area contributed by atoms with Crippen molar-refractivity contribution in [3.8, 4) is 11.8 Å². The van der Waals surface area contributed by atoms with Crippen LogP contribution >= 0.6 is 0 Å². The van der Waals surface area contributed by atoms with Crippen molar-refractivity contribution in [1.82, 2.24) is 0 Å². The molecule has 0 saturated carbocycles. The van der Waals surface area contributed by atoms with E-state index in [2.05, 4.69) is 0 Å². The minimum Gasteiger partial charge on any atom is -0.423 e. The molecule has 0 aliphatic heterocycles. The average Bonchev–Trinajstić information content (AvgIpc) is 2.54. The molecule has 0 fully saturated rings. The molecule has 7 heteroatoms. The van der Waals surface area contributed by atoms with Crippen LogP contribution in [-0.4, -0.2) is 8.42 Å². The van der Waals surface area contributed by atoms with Crippen LogP contribution in [0.2, 0.25) is 0 Å². The number of hydrogen-bond acceptors (Lipinski definition) is 6. The fourth-order valence-corrected chi connectivity index (χ4v) is 2.99. The van der Waals surface area contributed by atoms with Gasteiger partial charge in [-0.3, -0.25) is 0 Å². The maximum absolute atomic E-state index is 12.4. The van der Waals surface area contributed by atoms with E-state index >= 15 is 0 Å². The maximum atomic E-state index is 12.4. The van der Waals surface area contributed by atoms with E-state index in [4.69, 9.17) is 13.9 Å². The molecule has 6 nitrogen and oxygen atoms in total. The van der Waals surface area contributed by atoms with Gasteiger partial charge in [-0.05, 0) is 36.4 Å². The van der Waals surface area contributed by atoms with Crippen LogP contribution < -0.4 is 9.81 Å². The van der Waals surface area contributed by atoms with Gasteiger partial charge in [0.15, 0.2) is 5.75 Å². The summed E-state index contributed by atoms with van der Waals surface area (Å²) < 4.78 is 34.7. The van der Waals surface area contributed by atoms with Crippen molar-refractivity contribution >= 4 is 21.1 Å². The number of fused-ring (bicyclic) bond motifs is 1. The molecule has 0 radical (unpaired) electrons. The highest BCUT2D eigenvalue weighted by molar-refractivity contribution is 7.87. The minimum atomic E-state index is -4.12. The Morgan fingerprint density at radius 1 is 1.04 bits per heavy atom. The van der Waals surface area contributed by atoms with Gasteiger partial charge in [0.05, 0.1) is 5.56 Å². The smallest absolute Gasteiger partial charge is 0.339 e. The molecule has 0 N–H and O–H groups in total. The number of hydrogen-bond donors (Lipinski definition) is 0. The number of rotatable bonds is 3. The van der Waals surface area contributed by atoms with Crippen molar-refractivity contribution in [1.29, 1.82) is 5.26 Å². The van der Waals surface area contributed by atoms with Crippen molar-refractivity contribution in [2.75, 3.05) is 0 Å². The number of nitriles is 1. The summed E-state index contributed by atoms with van der Waals surface area (Å²) in [5.41, 5.74) is -0.135. The van der Waals surface area contributed by atoms with Crippen molar-refractivity contribution in [3.05, 3.63) is 70.6 Å². The Morgan fingerprint density at radius 2 is 1.83 bits per heavy atom. The third-order valence-corrected chi connectivity index (χ3v) is 4.32. The summed E-state index contributed by atoms with van der Waals surface area (Å²) in [5.74, 6) is -0.0466. The van der Waals surface area contributed by atoms with Gasteiger partial charge in [-0.2, -0.15) is 13.7 Å². The molecule has 0 aliphatic rings. The highest BCUT2D eigenvalue weighted by Gasteiger charge is 2.19. The van der Waals surface area contributed by atoms with Crippen LogP contribution in [0.15, 0.2) is 68.7 Å². The van der Waals surface area contributed by atoms with Crippen LogP contribution in [0.3, 0.4) is 0 Å². The van der Waals surface area contributed by atoms with Crippen LogP contribution in [-0.2, 0) is 10.1 Å². The standard InChI is InChI=1S/C16H9NO5S/c17-10-12-3-1-2-4-15(12)22-23(19,20)13-6-7-14-11(9-13)5-8-16(18)21-14/h1-9H. The lowest BCUT2D eigenvalue weighted by molar-refractivity contribution is 0.485. The molecule has 0 atom stereocenters. The lowest BCUT2D eigenvalue weighted by atomic mass is 10.2. The number of benzene rings is 2. The molecule has 0 unspecified atom stereocenters. The van der Waals surface area contributed by atoms with E-state index in [1.165, 1.54) is 42.5 Å². The highest BCUT2D eigenvalue weighted by atomic mass is 32.2. The molecule has 3 rings (SSSR count). The summed E-state index contributed by atoms with van der Waals surface area (Å²) in [6, 6.07) is 14.5. The number of para-hydroxylation sites is 1. The molecule has 3 aromatic rings. The first kappa shape index (κ1) is 14.8. The maximum Gasteiger partial charge on any atom is 0.339 e. The SMILES string of the molecule is N#Cc1ccccc1OS(=O)(=O)c1ccc2oc(=O)ccc2c1. The predicted molar refractivity (Wildman–Crippen MR) is 81.5 cm³/mol. The average molecular weight is 327 g/mol. The summed E-state index contributed by atoms with van der Waals surface area (Å²) in [5, 5.41) is 9.43. The van der Waals surface area contributed by atoms with Crippen molar-refractivity contribution < 1.29 is 17.0 Å². The van der Waals surface area contributed by atoms with Crippen LogP contribution in [0.25, 0.3) is 11.0 Å². The monoisotopic (exact) mass is 327 g/mol. The van der Waals surface area contributed by atoms with Crippen LogP contribution in [0, 0.1) is 11.3 Å². The first-order valence-electron chi connectivity index (χ1n) is 6.47. The van der Waals surface area contributed by atoms with Crippen LogP contribution in [0.1, 0.15) is 5.56 Å². The lowest BCUT2D eigenvalue weighted by Crippen LogP contribution is -2.10. The highest BCUT2D eigenvalue weighted by Crippen LogP contribution is 2.24. The van der Waals surface area contributed by atoms with E-state index in [0.717, 1.165) is 0 Å². The Hall–Kier alpha value is -3.11. The Kier molecular flexibility index (Phi) is 3.60. The largest absolute Gasteiger partial charge is 0.423 e. The Labute approximate surface area is 131 Å². The molecule has 114 valence electrons. The fourth-order valence-electron chi connectivity index (χ4n) is 2.00. The summed E-state index contributed by atoms with van der Waals surface area (Å²) in [7, 11) is -4.12. The summed E-state index contributed by atoms with van der Waals surface area (Å²) >= 11 is 0. The Balaban J connectivity index is 2.04. The van der Waals surface area contributed by atoms with Crippen molar-refractivity contribution in [2.24, 2.45) is 0 Å². The van der Waals surface area contributed by atoms with Crippen LogP contribution in [0.4, 0.5) is 0 Å². The molecule has 0 bridgehead atoms. The molecule has 0 spiro atoms. The molecule has 1 aromatic heterocycles. The van der Waals surface area contributed by atoms with E-state index in [1.54, 1.807) is 12.1 Å². The van der Waals surface area contributed by atoms with E-state index in [1.807, 2.05) is 6.07 Å². The minimum absolute atomic E-state index is 0.0466. The van der Waals surface area contributed by atoms with Gasteiger partial charge in [0.25, 0.3) is 0 Å². The van der Waals surface area contributed by atoms with E-state index in [0.29, 0.717) is 5.39 Å². The quantitative estimate of drug-likeness (QED) is 0.541. The van der Waals surface area contributed by atoms with Gasteiger partial charge in [0.1, 0.15) is 16.5 Å². The fraction of sp³-hybridized carbons (Fsp3) is 0. The third kappa shape index (κ3) is 2.93. The molecule has 23 heavy (non-hydrogen) atoms. The van der Waals surface area contributed by atoms with Gasteiger partial charge in [-0.25, -0.2) is 4.79 Å². The van der Waals surface area contributed by atoms with Crippen molar-refractivity contribution in [3.63, 3.8) is 0 Å². The zero-order valence-electron chi connectivity index (χ0n) is 11.6.